The highest BCUT2D eigenvalue weighted by molar-refractivity contribution is 5.87. The van der Waals surface area contributed by atoms with E-state index in [0.717, 1.165) is 38.6 Å². The van der Waals surface area contributed by atoms with Gasteiger partial charge in [-0.25, -0.2) is 9.67 Å². The second-order valence-corrected chi connectivity index (χ2v) is 7.95. The molecule has 140 valence electrons. The molecule has 7 nitrogen and oxygen atoms in total. The molecule has 4 rings (SSSR count). The van der Waals surface area contributed by atoms with Gasteiger partial charge in [0.25, 0.3) is 0 Å². The van der Waals surface area contributed by atoms with Gasteiger partial charge in [0, 0.05) is 30.6 Å². The SMILES string of the molecule is CC[C@@H]1C[C@H]1C(=O)N1C[C@H]2C[C@@H](NC(=O)/C=C/Cn3cncn3)C[C@@H]1C2. The summed E-state index contributed by atoms with van der Waals surface area (Å²) in [6.45, 7) is 3.58. The number of aromatic nitrogens is 3. The van der Waals surface area contributed by atoms with Gasteiger partial charge in [-0.05, 0) is 37.5 Å². The van der Waals surface area contributed by atoms with Crippen molar-refractivity contribution < 1.29 is 9.59 Å². The minimum absolute atomic E-state index is 0.0671. The highest BCUT2D eigenvalue weighted by Crippen LogP contribution is 2.45. The molecule has 2 amide bonds. The molecule has 2 heterocycles. The first-order valence-electron chi connectivity index (χ1n) is 9.74. The molecule has 7 heteroatoms. The highest BCUT2D eigenvalue weighted by atomic mass is 16.2. The average molecular weight is 357 g/mol. The summed E-state index contributed by atoms with van der Waals surface area (Å²) in [6.07, 6.45) is 11.6. The van der Waals surface area contributed by atoms with Crippen molar-refractivity contribution in [3.63, 3.8) is 0 Å². The standard InChI is InChI=1S/C19H27N5O2/c1-2-14-8-17(14)19(26)24-10-13-6-15(9-16(24)7-13)22-18(25)4-3-5-23-12-20-11-21-23/h3-4,11-17H,2,5-10H2,1H3,(H,22,25)/b4-3+/t13-,14+,15+,16-,17+/m0/s1. The Balaban J connectivity index is 1.27. The third-order valence-corrected chi connectivity index (χ3v) is 6.10. The third-order valence-electron chi connectivity index (χ3n) is 6.10. The van der Waals surface area contributed by atoms with Crippen molar-refractivity contribution in [2.24, 2.45) is 17.8 Å². The Kier molecular flexibility index (Phi) is 4.78. The molecule has 1 aromatic rings. The summed E-state index contributed by atoms with van der Waals surface area (Å²) in [5, 5.41) is 7.11. The second-order valence-electron chi connectivity index (χ2n) is 7.95. The lowest BCUT2D eigenvalue weighted by atomic mass is 9.86. The largest absolute Gasteiger partial charge is 0.350 e. The monoisotopic (exact) mass is 357 g/mol. The number of likely N-dealkylation sites (tertiary alicyclic amines) is 1. The maximum Gasteiger partial charge on any atom is 0.243 e. The van der Waals surface area contributed by atoms with Crippen molar-refractivity contribution in [2.45, 2.75) is 57.7 Å². The summed E-state index contributed by atoms with van der Waals surface area (Å²) in [6, 6.07) is 0.477. The Morgan fingerprint density at radius 2 is 2.15 bits per heavy atom. The number of rotatable bonds is 6. The molecule has 26 heavy (non-hydrogen) atoms. The predicted molar refractivity (Wildman–Crippen MR) is 95.8 cm³/mol. The zero-order chi connectivity index (χ0) is 18.1. The number of fused-ring (bicyclic) bond motifs is 2. The fourth-order valence-electron chi connectivity index (χ4n) is 4.68. The van der Waals surface area contributed by atoms with Gasteiger partial charge in [-0.2, -0.15) is 5.10 Å². The van der Waals surface area contributed by atoms with E-state index in [9.17, 15) is 9.59 Å². The van der Waals surface area contributed by atoms with Gasteiger partial charge in [-0.1, -0.05) is 19.4 Å². The van der Waals surface area contributed by atoms with Crippen LogP contribution in [-0.4, -0.2) is 50.1 Å². The van der Waals surface area contributed by atoms with Crippen molar-refractivity contribution >= 4 is 11.8 Å². The molecule has 1 N–H and O–H groups in total. The first-order chi connectivity index (χ1) is 12.6. The summed E-state index contributed by atoms with van der Waals surface area (Å²) < 4.78 is 1.66. The van der Waals surface area contributed by atoms with Gasteiger partial charge in [0.05, 0.1) is 6.54 Å². The fraction of sp³-hybridized carbons (Fsp3) is 0.684. The Morgan fingerprint density at radius 1 is 1.27 bits per heavy atom. The van der Waals surface area contributed by atoms with Crippen molar-refractivity contribution in [3.8, 4) is 0 Å². The van der Waals surface area contributed by atoms with Gasteiger partial charge >= 0.3 is 0 Å². The number of amides is 2. The van der Waals surface area contributed by atoms with E-state index >= 15 is 0 Å². The van der Waals surface area contributed by atoms with Crippen molar-refractivity contribution in [2.75, 3.05) is 6.54 Å². The van der Waals surface area contributed by atoms with Gasteiger partial charge in [-0.3, -0.25) is 9.59 Å². The summed E-state index contributed by atoms with van der Waals surface area (Å²) >= 11 is 0. The molecule has 3 aliphatic rings. The zero-order valence-electron chi connectivity index (χ0n) is 15.3. The second kappa shape index (κ2) is 7.21. The summed E-state index contributed by atoms with van der Waals surface area (Å²) in [5.74, 6) is 1.70. The molecular formula is C19H27N5O2. The van der Waals surface area contributed by atoms with E-state index in [-0.39, 0.29) is 17.9 Å². The molecule has 2 aliphatic carbocycles. The molecule has 0 aromatic carbocycles. The lowest BCUT2D eigenvalue weighted by molar-refractivity contribution is -0.133. The minimum Gasteiger partial charge on any atom is -0.350 e. The molecule has 1 aliphatic heterocycles. The fourth-order valence-corrected chi connectivity index (χ4v) is 4.68. The first-order valence-corrected chi connectivity index (χ1v) is 9.74. The number of nitrogens with zero attached hydrogens (tertiary/aromatic N) is 4. The van der Waals surface area contributed by atoms with Crippen molar-refractivity contribution in [1.82, 2.24) is 25.0 Å². The summed E-state index contributed by atoms with van der Waals surface area (Å²) in [7, 11) is 0. The number of carbonyl (C=O) groups is 2. The molecular weight excluding hydrogens is 330 g/mol. The van der Waals surface area contributed by atoms with Crippen LogP contribution in [0.1, 0.15) is 39.0 Å². The smallest absolute Gasteiger partial charge is 0.243 e. The van der Waals surface area contributed by atoms with Gasteiger partial charge in [0.15, 0.2) is 0 Å². The van der Waals surface area contributed by atoms with Crippen LogP contribution < -0.4 is 5.32 Å². The average Bonchev–Trinajstić information content (AvgIpc) is 3.12. The molecule has 1 saturated heterocycles. The summed E-state index contributed by atoms with van der Waals surface area (Å²) in [4.78, 5) is 30.9. The maximum atomic E-state index is 12.7. The molecule has 1 aromatic heterocycles. The van der Waals surface area contributed by atoms with Gasteiger partial charge in [0.2, 0.25) is 11.8 Å². The van der Waals surface area contributed by atoms with E-state index in [2.05, 4.69) is 27.2 Å². The Bertz CT molecular complexity index is 686. The molecule has 0 radical (unpaired) electrons. The van der Waals surface area contributed by atoms with Crippen LogP contribution in [0.15, 0.2) is 24.8 Å². The third kappa shape index (κ3) is 3.66. The number of hydrogen-bond donors (Lipinski definition) is 1. The molecule has 0 spiro atoms. The first kappa shape index (κ1) is 17.2. The zero-order valence-corrected chi connectivity index (χ0v) is 15.3. The normalized spacial score (nSPS) is 32.8. The maximum absolute atomic E-state index is 12.7. The Labute approximate surface area is 153 Å². The van der Waals surface area contributed by atoms with Gasteiger partial charge < -0.3 is 10.2 Å². The Morgan fingerprint density at radius 3 is 2.88 bits per heavy atom. The van der Waals surface area contributed by atoms with Crippen LogP contribution in [0.5, 0.6) is 0 Å². The van der Waals surface area contributed by atoms with Crippen LogP contribution in [-0.2, 0) is 16.1 Å². The van der Waals surface area contributed by atoms with Crippen LogP contribution in [0.4, 0.5) is 0 Å². The van der Waals surface area contributed by atoms with Crippen LogP contribution in [0.25, 0.3) is 0 Å². The quantitative estimate of drug-likeness (QED) is 0.780. The van der Waals surface area contributed by atoms with Crippen LogP contribution in [0.2, 0.25) is 0 Å². The van der Waals surface area contributed by atoms with E-state index in [1.54, 1.807) is 23.2 Å². The van der Waals surface area contributed by atoms with Crippen molar-refractivity contribution in [1.29, 1.82) is 0 Å². The molecule has 2 saturated carbocycles. The van der Waals surface area contributed by atoms with Crippen LogP contribution in [0.3, 0.4) is 0 Å². The Hall–Kier alpha value is -2.18. The van der Waals surface area contributed by atoms with E-state index in [0.29, 0.717) is 30.3 Å². The molecule has 3 fully saturated rings. The van der Waals surface area contributed by atoms with Gasteiger partial charge in [-0.15, -0.1) is 0 Å². The van der Waals surface area contributed by atoms with E-state index in [1.807, 2.05) is 0 Å². The number of nitrogens with one attached hydrogen (secondary N) is 1. The van der Waals surface area contributed by atoms with Crippen LogP contribution in [0, 0.1) is 17.8 Å². The lowest BCUT2D eigenvalue weighted by Gasteiger charge is -2.30. The predicted octanol–water partition coefficient (Wildman–Crippen LogP) is 1.38. The summed E-state index contributed by atoms with van der Waals surface area (Å²) in [5.41, 5.74) is 0. The van der Waals surface area contributed by atoms with E-state index < -0.39 is 0 Å². The molecule has 0 unspecified atom stereocenters. The van der Waals surface area contributed by atoms with E-state index in [1.165, 1.54) is 6.33 Å². The number of hydrogen-bond acceptors (Lipinski definition) is 4. The highest BCUT2D eigenvalue weighted by Gasteiger charge is 2.49. The number of allylic oxidation sites excluding steroid dienone is 1. The topological polar surface area (TPSA) is 80.1 Å². The van der Waals surface area contributed by atoms with Crippen molar-refractivity contribution in [3.05, 3.63) is 24.8 Å². The molecule has 2 bridgehead atoms. The van der Waals surface area contributed by atoms with Gasteiger partial charge in [0.1, 0.15) is 12.7 Å². The van der Waals surface area contributed by atoms with E-state index in [4.69, 9.17) is 0 Å². The number of carbonyl (C=O) groups excluding carboxylic acids is 2. The van der Waals surface area contributed by atoms with Crippen LogP contribution >= 0.6 is 0 Å². The molecule has 5 atom stereocenters. The lowest BCUT2D eigenvalue weighted by Crippen LogP contribution is -2.43. The minimum atomic E-state index is -0.0671.